The number of sulfonamides is 1. The van der Waals surface area contributed by atoms with Crippen molar-refractivity contribution in [2.45, 2.75) is 24.7 Å². The predicted molar refractivity (Wildman–Crippen MR) is 113 cm³/mol. The zero-order chi connectivity index (χ0) is 22.0. The molecule has 2 heterocycles. The van der Waals surface area contributed by atoms with E-state index in [9.17, 15) is 18.0 Å². The van der Waals surface area contributed by atoms with E-state index in [1.165, 1.54) is 23.4 Å². The molecule has 9 nitrogen and oxygen atoms in total. The predicted octanol–water partition coefficient (Wildman–Crippen LogP) is 2.41. The van der Waals surface area contributed by atoms with Gasteiger partial charge in [-0.05, 0) is 49.2 Å². The van der Waals surface area contributed by atoms with E-state index >= 15 is 0 Å². The van der Waals surface area contributed by atoms with Crippen molar-refractivity contribution in [3.8, 4) is 11.5 Å². The average Bonchev–Trinajstić information content (AvgIpc) is 3.22. The molecule has 0 spiro atoms. The molecule has 2 amide bonds. The lowest BCUT2D eigenvalue weighted by Crippen LogP contribution is -2.43. The molecular weight excluding hydrogens is 422 g/mol. The minimum absolute atomic E-state index is 0.103. The summed E-state index contributed by atoms with van der Waals surface area (Å²) in [6.45, 7) is 1.98. The molecule has 1 fully saturated rings. The first-order valence-electron chi connectivity index (χ1n) is 9.91. The Morgan fingerprint density at radius 2 is 1.71 bits per heavy atom. The van der Waals surface area contributed by atoms with Gasteiger partial charge in [0.05, 0.1) is 10.8 Å². The van der Waals surface area contributed by atoms with Crippen LogP contribution in [0.15, 0.2) is 47.4 Å². The molecule has 1 saturated heterocycles. The van der Waals surface area contributed by atoms with Gasteiger partial charge in [0.25, 0.3) is 0 Å². The number of anilines is 2. The van der Waals surface area contributed by atoms with Gasteiger partial charge in [-0.2, -0.15) is 4.31 Å². The Morgan fingerprint density at radius 1 is 1.00 bits per heavy atom. The van der Waals surface area contributed by atoms with Crippen molar-refractivity contribution in [2.24, 2.45) is 5.92 Å². The van der Waals surface area contributed by atoms with Crippen molar-refractivity contribution < 1.29 is 27.5 Å². The maximum Gasteiger partial charge on any atom is 0.243 e. The summed E-state index contributed by atoms with van der Waals surface area (Å²) in [5.74, 6) is 0.251. The summed E-state index contributed by atoms with van der Waals surface area (Å²) < 4.78 is 38.0. The van der Waals surface area contributed by atoms with E-state index < -0.39 is 15.9 Å². The lowest BCUT2D eigenvalue weighted by atomic mass is 9.98. The Kier molecular flexibility index (Phi) is 5.84. The highest BCUT2D eigenvalue weighted by molar-refractivity contribution is 7.89. The smallest absolute Gasteiger partial charge is 0.243 e. The zero-order valence-corrected chi connectivity index (χ0v) is 17.8. The second-order valence-electron chi connectivity index (χ2n) is 7.47. The van der Waals surface area contributed by atoms with E-state index in [-0.39, 0.29) is 30.0 Å². The summed E-state index contributed by atoms with van der Waals surface area (Å²) in [4.78, 5) is 24.0. The van der Waals surface area contributed by atoms with Crippen LogP contribution in [0.5, 0.6) is 11.5 Å². The molecule has 4 rings (SSSR count). The zero-order valence-electron chi connectivity index (χ0n) is 17.0. The van der Waals surface area contributed by atoms with Gasteiger partial charge in [-0.15, -0.1) is 0 Å². The number of ether oxygens (including phenoxy) is 2. The molecule has 0 aliphatic carbocycles. The van der Waals surface area contributed by atoms with Crippen LogP contribution >= 0.6 is 0 Å². The lowest BCUT2D eigenvalue weighted by molar-refractivity contribution is -0.121. The van der Waals surface area contributed by atoms with E-state index in [0.29, 0.717) is 42.3 Å². The van der Waals surface area contributed by atoms with Crippen LogP contribution in [0.2, 0.25) is 0 Å². The van der Waals surface area contributed by atoms with E-state index in [1.807, 2.05) is 0 Å². The molecule has 2 aromatic carbocycles. The third-order valence-electron chi connectivity index (χ3n) is 5.21. The van der Waals surface area contributed by atoms with Gasteiger partial charge in [0.2, 0.25) is 28.6 Å². The summed E-state index contributed by atoms with van der Waals surface area (Å²) in [6.07, 6.45) is 1.19. The second kappa shape index (κ2) is 8.56. The molecule has 0 aromatic heterocycles. The topological polar surface area (TPSA) is 114 Å². The van der Waals surface area contributed by atoms with Crippen LogP contribution in [0.1, 0.15) is 19.8 Å². The van der Waals surface area contributed by atoms with Crippen LogP contribution in [0.3, 0.4) is 0 Å². The number of carbonyl (C=O) groups excluding carboxylic acids is 2. The molecule has 0 radical (unpaired) electrons. The molecule has 2 aromatic rings. The average molecular weight is 445 g/mol. The molecular formula is C21H23N3O6S. The quantitative estimate of drug-likeness (QED) is 0.731. The Hall–Kier alpha value is -3.11. The lowest BCUT2D eigenvalue weighted by Gasteiger charge is -2.31. The molecule has 31 heavy (non-hydrogen) atoms. The van der Waals surface area contributed by atoms with Crippen molar-refractivity contribution in [2.75, 3.05) is 30.5 Å². The number of hydrogen-bond donors (Lipinski definition) is 2. The molecule has 0 bridgehead atoms. The Labute approximate surface area is 180 Å². The van der Waals surface area contributed by atoms with Gasteiger partial charge in [-0.3, -0.25) is 9.59 Å². The third kappa shape index (κ3) is 4.64. The number of nitrogens with zero attached hydrogens (tertiary/aromatic N) is 1. The minimum atomic E-state index is -3.75. The first kappa shape index (κ1) is 21.1. The summed E-state index contributed by atoms with van der Waals surface area (Å²) in [5.41, 5.74) is 1.09. The summed E-state index contributed by atoms with van der Waals surface area (Å²) in [6, 6.07) is 11.1. The Balaban J connectivity index is 1.43. The number of piperidine rings is 1. The van der Waals surface area contributed by atoms with Gasteiger partial charge in [-0.25, -0.2) is 8.42 Å². The molecule has 2 aliphatic heterocycles. The number of fused-ring (bicyclic) bond motifs is 1. The summed E-state index contributed by atoms with van der Waals surface area (Å²) in [5, 5.41) is 5.45. The van der Waals surface area contributed by atoms with Crippen molar-refractivity contribution in [3.05, 3.63) is 42.5 Å². The largest absolute Gasteiger partial charge is 0.454 e. The van der Waals surface area contributed by atoms with Gasteiger partial charge < -0.3 is 20.1 Å². The van der Waals surface area contributed by atoms with Crippen molar-refractivity contribution in [3.63, 3.8) is 0 Å². The van der Waals surface area contributed by atoms with Gasteiger partial charge in [0, 0.05) is 37.5 Å². The fraction of sp³-hybridized carbons (Fsp3) is 0.333. The Morgan fingerprint density at radius 3 is 2.45 bits per heavy atom. The highest BCUT2D eigenvalue weighted by Crippen LogP contribution is 2.34. The van der Waals surface area contributed by atoms with Crippen LogP contribution in [0, 0.1) is 5.92 Å². The maximum absolute atomic E-state index is 13.1. The van der Waals surface area contributed by atoms with Gasteiger partial charge in [-0.1, -0.05) is 0 Å². The van der Waals surface area contributed by atoms with E-state index in [1.54, 1.807) is 30.3 Å². The van der Waals surface area contributed by atoms with Gasteiger partial charge in [0.1, 0.15) is 0 Å². The van der Waals surface area contributed by atoms with Gasteiger partial charge >= 0.3 is 0 Å². The standard InChI is InChI=1S/C21H23N3O6S/c1-14(25)22-16-4-7-18(8-5-16)31(27,28)24-10-2-3-15(12-24)21(26)23-17-6-9-19-20(11-17)30-13-29-19/h4-9,11,15H,2-3,10,12-13H2,1H3,(H,22,25)(H,23,26). The molecule has 10 heteroatoms. The van der Waals surface area contributed by atoms with E-state index in [4.69, 9.17) is 9.47 Å². The fourth-order valence-electron chi connectivity index (χ4n) is 3.66. The highest BCUT2D eigenvalue weighted by atomic mass is 32.2. The van der Waals surface area contributed by atoms with Gasteiger partial charge in [0.15, 0.2) is 11.5 Å². The van der Waals surface area contributed by atoms with Crippen LogP contribution < -0.4 is 20.1 Å². The van der Waals surface area contributed by atoms with E-state index in [2.05, 4.69) is 10.6 Å². The number of rotatable bonds is 5. The Bertz CT molecular complexity index is 1100. The fourth-order valence-corrected chi connectivity index (χ4v) is 5.18. The summed E-state index contributed by atoms with van der Waals surface area (Å²) >= 11 is 0. The molecule has 1 atom stereocenters. The van der Waals surface area contributed by atoms with Crippen LogP contribution in [-0.2, 0) is 19.6 Å². The molecule has 2 aliphatic rings. The van der Waals surface area contributed by atoms with Crippen molar-refractivity contribution in [1.82, 2.24) is 4.31 Å². The van der Waals surface area contributed by atoms with Crippen molar-refractivity contribution in [1.29, 1.82) is 0 Å². The summed E-state index contributed by atoms with van der Waals surface area (Å²) in [7, 11) is -3.75. The van der Waals surface area contributed by atoms with Crippen LogP contribution in [0.25, 0.3) is 0 Å². The number of nitrogens with one attached hydrogen (secondary N) is 2. The van der Waals surface area contributed by atoms with Crippen LogP contribution in [0.4, 0.5) is 11.4 Å². The molecule has 2 N–H and O–H groups in total. The minimum Gasteiger partial charge on any atom is -0.454 e. The SMILES string of the molecule is CC(=O)Nc1ccc(S(=O)(=O)N2CCCC(C(=O)Nc3ccc4c(c3)OCO4)C2)cc1. The molecule has 164 valence electrons. The number of carbonyl (C=O) groups is 2. The number of hydrogen-bond acceptors (Lipinski definition) is 6. The molecule has 0 saturated carbocycles. The monoisotopic (exact) mass is 445 g/mol. The third-order valence-corrected chi connectivity index (χ3v) is 7.09. The van der Waals surface area contributed by atoms with E-state index in [0.717, 1.165) is 0 Å². The maximum atomic E-state index is 13.1. The first-order chi connectivity index (χ1) is 14.8. The van der Waals surface area contributed by atoms with Crippen molar-refractivity contribution >= 4 is 33.2 Å². The first-order valence-corrected chi connectivity index (χ1v) is 11.4. The highest BCUT2D eigenvalue weighted by Gasteiger charge is 2.33. The van der Waals surface area contributed by atoms with Crippen LogP contribution in [-0.4, -0.2) is 44.4 Å². The normalized spacial score (nSPS) is 18.4. The molecule has 1 unspecified atom stereocenters. The number of benzene rings is 2. The second-order valence-corrected chi connectivity index (χ2v) is 9.40. The number of amides is 2.